The molecule has 1 aliphatic rings. The van der Waals surface area contributed by atoms with Crippen molar-refractivity contribution >= 4 is 21.9 Å². The van der Waals surface area contributed by atoms with Crippen LogP contribution in [-0.4, -0.2) is 48.5 Å². The van der Waals surface area contributed by atoms with Gasteiger partial charge >= 0.3 is 5.97 Å². The molecule has 1 aliphatic heterocycles. The fourth-order valence-corrected chi connectivity index (χ4v) is 3.57. The lowest BCUT2D eigenvalue weighted by Gasteiger charge is -2.32. The quantitative estimate of drug-likeness (QED) is 0.807. The summed E-state index contributed by atoms with van der Waals surface area (Å²) in [5.41, 5.74) is 0. The monoisotopic (exact) mass is 330 g/mol. The van der Waals surface area contributed by atoms with E-state index in [-0.39, 0.29) is 12.3 Å². The molecule has 22 heavy (non-hydrogen) atoms. The molecule has 0 spiro atoms. The molecule has 2 heterocycles. The van der Waals surface area contributed by atoms with Gasteiger partial charge in [-0.05, 0) is 25.0 Å². The third kappa shape index (κ3) is 3.86. The van der Waals surface area contributed by atoms with Gasteiger partial charge in [0.25, 0.3) is 0 Å². The third-order valence-electron chi connectivity index (χ3n) is 3.49. The van der Waals surface area contributed by atoms with Crippen molar-refractivity contribution in [1.82, 2.24) is 9.62 Å². The fourth-order valence-electron chi connectivity index (χ4n) is 2.44. The number of carboxylic acids is 1. The summed E-state index contributed by atoms with van der Waals surface area (Å²) in [5.74, 6) is -1.50. The molecule has 1 saturated heterocycles. The SMILES string of the molecule is CS(=O)(=O)N1CCCCC1C(=O)NCc1ccc(C(=O)O)o1. The summed E-state index contributed by atoms with van der Waals surface area (Å²) in [6.07, 6.45) is 3.08. The molecular weight excluding hydrogens is 312 g/mol. The lowest BCUT2D eigenvalue weighted by Crippen LogP contribution is -2.51. The number of carboxylic acid groups (broad SMARTS) is 1. The number of amides is 1. The Balaban J connectivity index is 1.99. The molecule has 0 aliphatic carbocycles. The van der Waals surface area contributed by atoms with Gasteiger partial charge < -0.3 is 14.8 Å². The van der Waals surface area contributed by atoms with Crippen molar-refractivity contribution in [1.29, 1.82) is 0 Å². The van der Waals surface area contributed by atoms with Crippen LogP contribution in [0.5, 0.6) is 0 Å². The zero-order valence-electron chi connectivity index (χ0n) is 12.1. The summed E-state index contributed by atoms with van der Waals surface area (Å²) >= 11 is 0. The predicted molar refractivity (Wildman–Crippen MR) is 76.7 cm³/mol. The van der Waals surface area contributed by atoms with Crippen LogP contribution < -0.4 is 5.32 Å². The molecule has 1 fully saturated rings. The van der Waals surface area contributed by atoms with Crippen molar-refractivity contribution in [2.24, 2.45) is 0 Å². The van der Waals surface area contributed by atoms with Crippen LogP contribution in [-0.2, 0) is 21.4 Å². The van der Waals surface area contributed by atoms with E-state index in [1.807, 2.05) is 0 Å². The molecular formula is C13H18N2O6S. The Morgan fingerprint density at radius 1 is 1.41 bits per heavy atom. The maximum Gasteiger partial charge on any atom is 0.371 e. The Hall–Kier alpha value is -1.87. The van der Waals surface area contributed by atoms with Crippen LogP contribution in [0, 0.1) is 0 Å². The molecule has 1 amide bonds. The highest BCUT2D eigenvalue weighted by molar-refractivity contribution is 7.88. The van der Waals surface area contributed by atoms with Gasteiger partial charge in [-0.2, -0.15) is 4.31 Å². The summed E-state index contributed by atoms with van der Waals surface area (Å²) in [7, 11) is -3.44. The molecule has 2 N–H and O–H groups in total. The van der Waals surface area contributed by atoms with Crippen molar-refractivity contribution in [3.05, 3.63) is 23.7 Å². The number of sulfonamides is 1. The summed E-state index contributed by atoms with van der Waals surface area (Å²) in [6.45, 7) is 0.348. The maximum absolute atomic E-state index is 12.2. The van der Waals surface area contributed by atoms with Crippen molar-refractivity contribution < 1.29 is 27.5 Å². The second kappa shape index (κ2) is 6.49. The largest absolute Gasteiger partial charge is 0.475 e. The van der Waals surface area contributed by atoms with E-state index in [0.717, 1.165) is 19.1 Å². The van der Waals surface area contributed by atoms with Gasteiger partial charge in [0.2, 0.25) is 21.7 Å². The van der Waals surface area contributed by atoms with Crippen LogP contribution in [0.25, 0.3) is 0 Å². The molecule has 1 aromatic rings. The minimum atomic E-state index is -3.44. The number of nitrogens with zero attached hydrogens (tertiary/aromatic N) is 1. The normalized spacial score (nSPS) is 19.8. The first-order valence-corrected chi connectivity index (χ1v) is 8.70. The summed E-state index contributed by atoms with van der Waals surface area (Å²) < 4.78 is 29.7. The van der Waals surface area contributed by atoms with Crippen molar-refractivity contribution in [2.75, 3.05) is 12.8 Å². The van der Waals surface area contributed by atoms with Gasteiger partial charge in [0.1, 0.15) is 11.8 Å². The molecule has 1 unspecified atom stereocenters. The highest BCUT2D eigenvalue weighted by atomic mass is 32.2. The van der Waals surface area contributed by atoms with Crippen LogP contribution >= 0.6 is 0 Å². The van der Waals surface area contributed by atoms with E-state index in [9.17, 15) is 18.0 Å². The van der Waals surface area contributed by atoms with Crippen LogP contribution in [0.15, 0.2) is 16.5 Å². The second-order valence-electron chi connectivity index (χ2n) is 5.17. The average Bonchev–Trinajstić information content (AvgIpc) is 2.93. The number of rotatable bonds is 5. The highest BCUT2D eigenvalue weighted by Crippen LogP contribution is 2.20. The predicted octanol–water partition coefficient (Wildman–Crippen LogP) is 0.408. The van der Waals surface area contributed by atoms with Gasteiger partial charge in [0.05, 0.1) is 12.8 Å². The first-order chi connectivity index (χ1) is 10.3. The molecule has 1 aromatic heterocycles. The number of piperidine rings is 1. The average molecular weight is 330 g/mol. The Morgan fingerprint density at radius 2 is 2.14 bits per heavy atom. The number of furan rings is 1. The number of nitrogens with one attached hydrogen (secondary N) is 1. The minimum absolute atomic E-state index is 0.0141. The first-order valence-electron chi connectivity index (χ1n) is 6.85. The van der Waals surface area contributed by atoms with E-state index in [2.05, 4.69) is 5.32 Å². The lowest BCUT2D eigenvalue weighted by atomic mass is 10.0. The summed E-state index contributed by atoms with van der Waals surface area (Å²) in [6, 6.07) is 2.03. The number of aromatic carboxylic acids is 1. The minimum Gasteiger partial charge on any atom is -0.475 e. The molecule has 9 heteroatoms. The van der Waals surface area contributed by atoms with Gasteiger partial charge in [-0.1, -0.05) is 6.42 Å². The summed E-state index contributed by atoms with van der Waals surface area (Å²) in [4.78, 5) is 22.9. The van der Waals surface area contributed by atoms with Crippen LogP contribution in [0.4, 0.5) is 0 Å². The van der Waals surface area contributed by atoms with Crippen LogP contribution in [0.3, 0.4) is 0 Å². The number of hydrogen-bond donors (Lipinski definition) is 2. The zero-order valence-corrected chi connectivity index (χ0v) is 12.9. The fraction of sp³-hybridized carbons (Fsp3) is 0.538. The molecule has 122 valence electrons. The smallest absolute Gasteiger partial charge is 0.371 e. The van der Waals surface area contributed by atoms with Gasteiger partial charge in [-0.3, -0.25) is 4.79 Å². The van der Waals surface area contributed by atoms with Crippen molar-refractivity contribution in [2.45, 2.75) is 31.8 Å². The maximum atomic E-state index is 12.2. The Labute approximate surface area is 128 Å². The van der Waals surface area contributed by atoms with E-state index in [0.29, 0.717) is 18.7 Å². The van der Waals surface area contributed by atoms with E-state index in [1.165, 1.54) is 16.4 Å². The Kier molecular flexibility index (Phi) is 4.87. The molecule has 0 radical (unpaired) electrons. The standard InChI is InChI=1S/C13H18N2O6S/c1-22(19,20)15-7-3-2-4-10(15)12(16)14-8-9-5-6-11(21-9)13(17)18/h5-6,10H,2-4,7-8H2,1H3,(H,14,16)(H,17,18). The van der Waals surface area contributed by atoms with Gasteiger partial charge in [-0.25, -0.2) is 13.2 Å². The topological polar surface area (TPSA) is 117 Å². The number of carbonyl (C=O) groups excluding carboxylic acids is 1. The van der Waals surface area contributed by atoms with Gasteiger partial charge in [0, 0.05) is 6.54 Å². The molecule has 2 rings (SSSR count). The van der Waals surface area contributed by atoms with Gasteiger partial charge in [-0.15, -0.1) is 0 Å². The number of hydrogen-bond acceptors (Lipinski definition) is 5. The Morgan fingerprint density at radius 3 is 2.73 bits per heavy atom. The molecule has 0 bridgehead atoms. The molecule has 8 nitrogen and oxygen atoms in total. The van der Waals surface area contributed by atoms with Crippen LogP contribution in [0.2, 0.25) is 0 Å². The van der Waals surface area contributed by atoms with E-state index >= 15 is 0 Å². The third-order valence-corrected chi connectivity index (χ3v) is 4.78. The highest BCUT2D eigenvalue weighted by Gasteiger charge is 2.34. The second-order valence-corrected chi connectivity index (χ2v) is 7.11. The van der Waals surface area contributed by atoms with Gasteiger partial charge in [0.15, 0.2) is 0 Å². The van der Waals surface area contributed by atoms with Crippen molar-refractivity contribution in [3.8, 4) is 0 Å². The van der Waals surface area contributed by atoms with E-state index in [1.54, 1.807) is 0 Å². The number of carbonyl (C=O) groups is 2. The molecule has 0 saturated carbocycles. The van der Waals surface area contributed by atoms with E-state index in [4.69, 9.17) is 9.52 Å². The lowest BCUT2D eigenvalue weighted by molar-refractivity contribution is -0.125. The van der Waals surface area contributed by atoms with Crippen LogP contribution in [0.1, 0.15) is 35.6 Å². The zero-order chi connectivity index (χ0) is 16.3. The Bertz CT molecular complexity index is 666. The van der Waals surface area contributed by atoms with Crippen molar-refractivity contribution in [3.63, 3.8) is 0 Å². The van der Waals surface area contributed by atoms with E-state index < -0.39 is 27.9 Å². The molecule has 1 atom stereocenters. The first kappa shape index (κ1) is 16.5. The summed E-state index contributed by atoms with van der Waals surface area (Å²) in [5, 5.41) is 11.3. The molecule has 0 aromatic carbocycles.